The second-order valence-electron chi connectivity index (χ2n) is 8.71. The molecule has 6 heteroatoms. The van der Waals surface area contributed by atoms with Gasteiger partial charge in [-0.15, -0.1) is 35.9 Å². The van der Waals surface area contributed by atoms with Gasteiger partial charge in [0.1, 0.15) is 11.3 Å². The van der Waals surface area contributed by atoms with Gasteiger partial charge in [0.05, 0.1) is 11.3 Å². The molecule has 0 spiro atoms. The van der Waals surface area contributed by atoms with Crippen LogP contribution < -0.4 is 0 Å². The summed E-state index contributed by atoms with van der Waals surface area (Å²) >= 11 is 0. The Balaban J connectivity index is 0.000000260. The smallest absolute Gasteiger partial charge is 0.162 e. The molecule has 0 amide bonds. The van der Waals surface area contributed by atoms with Gasteiger partial charge in [-0.05, 0) is 56.5 Å². The third kappa shape index (κ3) is 6.89. The van der Waals surface area contributed by atoms with E-state index >= 15 is 0 Å². The summed E-state index contributed by atoms with van der Waals surface area (Å²) in [5.74, 6) is 1.41. The number of ketones is 1. The van der Waals surface area contributed by atoms with E-state index in [4.69, 9.17) is 9.40 Å². The Bertz CT molecular complexity index is 1290. The van der Waals surface area contributed by atoms with Crippen LogP contribution in [0.1, 0.15) is 59.1 Å². The number of carbonyl (C=O) groups is 1. The summed E-state index contributed by atoms with van der Waals surface area (Å²) in [6.07, 6.45) is 6.67. The van der Waals surface area contributed by atoms with Crippen LogP contribution in [-0.4, -0.2) is 20.9 Å². The van der Waals surface area contributed by atoms with E-state index in [1.54, 1.807) is 6.20 Å². The largest absolute Gasteiger partial charge is 0.512 e. The van der Waals surface area contributed by atoms with Crippen LogP contribution in [0.3, 0.4) is 0 Å². The molecular weight excluding hydrogens is 629 g/mol. The predicted molar refractivity (Wildman–Crippen MR) is 142 cm³/mol. The Morgan fingerprint density at radius 1 is 1.06 bits per heavy atom. The van der Waals surface area contributed by atoms with Crippen LogP contribution in [0.15, 0.2) is 64.9 Å². The van der Waals surface area contributed by atoms with E-state index in [1.807, 2.05) is 77.1 Å². The van der Waals surface area contributed by atoms with Crippen molar-refractivity contribution in [2.75, 3.05) is 0 Å². The number of aliphatic hydroxyl groups excluding tert-OH is 1. The van der Waals surface area contributed by atoms with Crippen LogP contribution in [0, 0.1) is 24.8 Å². The zero-order chi connectivity index (χ0) is 25.4. The molecule has 0 fully saturated rings. The molecule has 4 rings (SSSR count). The Labute approximate surface area is 227 Å². The standard InChI is InChI=1S/C17H11N2O.C13H24O2.Ir/c1-11-10-13-15(12-6-3-2-4-7-12)19-14-8-5-9-18-16(14)17(13)20-11;1-5-10(6-2)12(14)9-13(15)11(7-3)8-4;/h2-6,8-10H,1H3;9-11,14H,5-8H2,1-4H3;/q-1;;/b;12-9-;. The minimum atomic E-state index is 0. The first kappa shape index (κ1) is 29.4. The fourth-order valence-electron chi connectivity index (χ4n) is 4.23. The quantitative estimate of drug-likeness (QED) is 0.117. The zero-order valence-electron chi connectivity index (χ0n) is 21.7. The third-order valence-electron chi connectivity index (χ3n) is 6.39. The molecule has 193 valence electrons. The van der Waals surface area contributed by atoms with Crippen LogP contribution >= 0.6 is 0 Å². The SMILES string of the molecule is CCC(CC)C(=O)/C=C(\O)C(CC)CC.Cc1cc2c(-c3[c-]cccc3)nc3cccnc3c2o1.[Ir]. The fraction of sp³-hybridized carbons (Fsp3) is 0.367. The molecule has 0 aliphatic carbocycles. The Hall–Kier alpha value is -2.82. The molecule has 4 aromatic rings. The van der Waals surface area contributed by atoms with Crippen LogP contribution in [0.5, 0.6) is 0 Å². The van der Waals surface area contributed by atoms with Crippen molar-refractivity contribution in [1.82, 2.24) is 9.97 Å². The van der Waals surface area contributed by atoms with Gasteiger partial charge in [-0.2, -0.15) is 0 Å². The van der Waals surface area contributed by atoms with Crippen LogP contribution in [-0.2, 0) is 24.9 Å². The number of carbonyl (C=O) groups excluding carboxylic acids is 1. The summed E-state index contributed by atoms with van der Waals surface area (Å²) in [6.45, 7) is 10.0. The molecule has 0 atom stereocenters. The van der Waals surface area contributed by atoms with E-state index in [0.29, 0.717) is 0 Å². The number of furan rings is 1. The number of allylic oxidation sites excluding steroid dienone is 2. The monoisotopic (exact) mass is 664 g/mol. The fourth-order valence-corrected chi connectivity index (χ4v) is 4.23. The van der Waals surface area contributed by atoms with E-state index in [0.717, 1.165) is 64.7 Å². The molecule has 3 aromatic heterocycles. The number of pyridine rings is 2. The first-order chi connectivity index (χ1) is 16.9. The molecule has 0 aliphatic rings. The maximum absolute atomic E-state index is 11.7. The molecule has 0 saturated carbocycles. The van der Waals surface area contributed by atoms with Crippen molar-refractivity contribution in [3.63, 3.8) is 0 Å². The van der Waals surface area contributed by atoms with Crippen LogP contribution in [0.25, 0.3) is 33.3 Å². The molecule has 5 nitrogen and oxygen atoms in total. The molecule has 1 aromatic carbocycles. The minimum absolute atomic E-state index is 0. The van der Waals surface area contributed by atoms with Gasteiger partial charge in [0.2, 0.25) is 0 Å². The molecule has 3 heterocycles. The summed E-state index contributed by atoms with van der Waals surface area (Å²) < 4.78 is 5.83. The molecular formula is C30H35IrN2O3-. The van der Waals surface area contributed by atoms with Crippen LogP contribution in [0.2, 0.25) is 0 Å². The van der Waals surface area contributed by atoms with Crippen molar-refractivity contribution < 1.29 is 34.4 Å². The first-order valence-corrected chi connectivity index (χ1v) is 12.5. The number of aryl methyl sites for hydroxylation is 1. The van der Waals surface area contributed by atoms with Gasteiger partial charge in [0.25, 0.3) is 0 Å². The second-order valence-corrected chi connectivity index (χ2v) is 8.71. The molecule has 0 saturated heterocycles. The second kappa shape index (κ2) is 14.1. The van der Waals surface area contributed by atoms with E-state index in [-0.39, 0.29) is 43.5 Å². The van der Waals surface area contributed by atoms with Crippen molar-refractivity contribution in [1.29, 1.82) is 0 Å². The van der Waals surface area contributed by atoms with Gasteiger partial charge >= 0.3 is 0 Å². The number of benzene rings is 1. The molecule has 0 aliphatic heterocycles. The number of aromatic nitrogens is 2. The van der Waals surface area contributed by atoms with Crippen molar-refractivity contribution in [2.45, 2.75) is 60.3 Å². The summed E-state index contributed by atoms with van der Waals surface area (Å²) in [5, 5.41) is 10.7. The topological polar surface area (TPSA) is 76.2 Å². The first-order valence-electron chi connectivity index (χ1n) is 12.5. The predicted octanol–water partition coefficient (Wildman–Crippen LogP) is 8.02. The third-order valence-corrected chi connectivity index (χ3v) is 6.39. The van der Waals surface area contributed by atoms with Gasteiger partial charge in [-0.3, -0.25) is 14.8 Å². The van der Waals surface area contributed by atoms with Crippen molar-refractivity contribution in [2.24, 2.45) is 11.8 Å². The van der Waals surface area contributed by atoms with E-state index in [1.165, 1.54) is 6.08 Å². The number of rotatable bonds is 8. The summed E-state index contributed by atoms with van der Waals surface area (Å²) in [6, 6.07) is 16.9. The van der Waals surface area contributed by atoms with Gasteiger partial charge in [-0.1, -0.05) is 27.7 Å². The number of nitrogens with zero attached hydrogens (tertiary/aromatic N) is 2. The molecule has 1 radical (unpaired) electrons. The molecule has 36 heavy (non-hydrogen) atoms. The van der Waals surface area contributed by atoms with Crippen molar-refractivity contribution in [3.8, 4) is 11.3 Å². The normalized spacial score (nSPS) is 11.5. The minimum Gasteiger partial charge on any atom is -0.512 e. The molecule has 0 bridgehead atoms. The van der Waals surface area contributed by atoms with E-state index < -0.39 is 0 Å². The van der Waals surface area contributed by atoms with Gasteiger partial charge < -0.3 is 9.52 Å². The number of aliphatic hydroxyl groups is 1. The van der Waals surface area contributed by atoms with Gasteiger partial charge in [-0.25, -0.2) is 0 Å². The van der Waals surface area contributed by atoms with Crippen molar-refractivity contribution >= 4 is 27.8 Å². The van der Waals surface area contributed by atoms with E-state index in [9.17, 15) is 9.90 Å². The van der Waals surface area contributed by atoms with Crippen LogP contribution in [0.4, 0.5) is 0 Å². The maximum Gasteiger partial charge on any atom is 0.162 e. The number of fused-ring (bicyclic) bond motifs is 3. The molecule has 0 unspecified atom stereocenters. The van der Waals surface area contributed by atoms with Crippen molar-refractivity contribution in [3.05, 3.63) is 72.3 Å². The average Bonchev–Trinajstić information content (AvgIpc) is 3.27. The van der Waals surface area contributed by atoms with Gasteiger partial charge in [0.15, 0.2) is 11.4 Å². The summed E-state index contributed by atoms with van der Waals surface area (Å²) in [7, 11) is 0. The Morgan fingerprint density at radius 3 is 2.36 bits per heavy atom. The Morgan fingerprint density at radius 2 is 1.75 bits per heavy atom. The number of hydrogen-bond acceptors (Lipinski definition) is 5. The average molecular weight is 664 g/mol. The number of hydrogen-bond donors (Lipinski definition) is 1. The zero-order valence-corrected chi connectivity index (χ0v) is 24.1. The van der Waals surface area contributed by atoms with E-state index in [2.05, 4.69) is 11.1 Å². The summed E-state index contributed by atoms with van der Waals surface area (Å²) in [5.41, 5.74) is 4.28. The van der Waals surface area contributed by atoms with Gasteiger partial charge in [0, 0.05) is 49.6 Å². The molecule has 1 N–H and O–H groups in total. The maximum atomic E-state index is 11.7. The Kier molecular flexibility index (Phi) is 11.5. The summed E-state index contributed by atoms with van der Waals surface area (Å²) in [4.78, 5) is 20.8.